The zero-order valence-corrected chi connectivity index (χ0v) is 16.5. The molecule has 0 amide bonds. The maximum absolute atomic E-state index is 14.8. The second-order valence-corrected chi connectivity index (χ2v) is 6.71. The summed E-state index contributed by atoms with van der Waals surface area (Å²) in [4.78, 5) is 0. The molecule has 0 aliphatic carbocycles. The van der Waals surface area contributed by atoms with Gasteiger partial charge in [0.1, 0.15) is 6.61 Å². The average molecular weight is 396 g/mol. The van der Waals surface area contributed by atoms with E-state index in [-0.39, 0.29) is 23.3 Å². The lowest BCUT2D eigenvalue weighted by Gasteiger charge is -2.12. The van der Waals surface area contributed by atoms with E-state index in [4.69, 9.17) is 4.74 Å². The number of hydrogen-bond acceptors (Lipinski definition) is 1. The van der Waals surface area contributed by atoms with Crippen LogP contribution in [0.15, 0.2) is 66.8 Å². The van der Waals surface area contributed by atoms with Gasteiger partial charge in [-0.05, 0) is 55.3 Å². The predicted molar refractivity (Wildman–Crippen MR) is 113 cm³/mol. The molecule has 0 saturated carbocycles. The summed E-state index contributed by atoms with van der Waals surface area (Å²) >= 11 is 0. The number of hydrogen-bond donors (Lipinski definition) is 0. The molecule has 150 valence electrons. The van der Waals surface area contributed by atoms with Gasteiger partial charge >= 0.3 is 0 Å². The standard InChI is InChI=1S/C25H23F3O/c1-3-5-7-8-17-9-11-18(12-10-17)20-16-19-13-14-21(29-15-6-4-2)24(27)22(19)25(28)23(20)26/h3-6,9-14,16H,7-8,15H2,1-2H3/b5-3+,6-4?. The highest BCUT2D eigenvalue weighted by atomic mass is 19.2. The maximum Gasteiger partial charge on any atom is 0.175 e. The number of allylic oxidation sites excluding steroid dienone is 3. The Morgan fingerprint density at radius 3 is 2.24 bits per heavy atom. The van der Waals surface area contributed by atoms with Crippen molar-refractivity contribution in [2.45, 2.75) is 26.7 Å². The van der Waals surface area contributed by atoms with Gasteiger partial charge in [-0.15, -0.1) is 0 Å². The first-order chi connectivity index (χ1) is 14.1. The zero-order chi connectivity index (χ0) is 20.8. The molecular weight excluding hydrogens is 373 g/mol. The third kappa shape index (κ3) is 4.53. The van der Waals surface area contributed by atoms with Crippen molar-refractivity contribution >= 4 is 10.8 Å². The summed E-state index contributed by atoms with van der Waals surface area (Å²) in [6, 6.07) is 11.8. The Morgan fingerprint density at radius 1 is 0.828 bits per heavy atom. The van der Waals surface area contributed by atoms with Crippen molar-refractivity contribution in [3.05, 3.63) is 89.8 Å². The van der Waals surface area contributed by atoms with Gasteiger partial charge in [-0.3, -0.25) is 0 Å². The van der Waals surface area contributed by atoms with Gasteiger partial charge in [0.25, 0.3) is 0 Å². The lowest BCUT2D eigenvalue weighted by atomic mass is 9.98. The minimum Gasteiger partial charge on any atom is -0.486 e. The van der Waals surface area contributed by atoms with Crippen LogP contribution in [0.2, 0.25) is 0 Å². The lowest BCUT2D eigenvalue weighted by molar-refractivity contribution is 0.342. The summed E-state index contributed by atoms with van der Waals surface area (Å²) in [5.74, 6) is -3.27. The van der Waals surface area contributed by atoms with Crippen molar-refractivity contribution in [1.82, 2.24) is 0 Å². The molecule has 0 fully saturated rings. The van der Waals surface area contributed by atoms with Gasteiger partial charge in [0.15, 0.2) is 23.2 Å². The molecule has 29 heavy (non-hydrogen) atoms. The molecule has 3 rings (SSSR count). The van der Waals surface area contributed by atoms with E-state index in [1.165, 1.54) is 12.1 Å². The maximum atomic E-state index is 14.8. The molecule has 0 bridgehead atoms. The van der Waals surface area contributed by atoms with E-state index in [0.29, 0.717) is 5.56 Å². The first-order valence-corrected chi connectivity index (χ1v) is 9.61. The Hall–Kier alpha value is -3.01. The quantitative estimate of drug-likeness (QED) is 0.378. The second kappa shape index (κ2) is 9.46. The molecule has 0 N–H and O–H groups in total. The fourth-order valence-electron chi connectivity index (χ4n) is 3.19. The fraction of sp³-hybridized carbons (Fsp3) is 0.200. The summed E-state index contributed by atoms with van der Waals surface area (Å²) in [6.07, 6.45) is 9.34. The minimum atomic E-state index is -1.20. The highest BCUT2D eigenvalue weighted by Gasteiger charge is 2.20. The summed E-state index contributed by atoms with van der Waals surface area (Å²) in [7, 11) is 0. The normalized spacial score (nSPS) is 11.8. The molecule has 0 heterocycles. The summed E-state index contributed by atoms with van der Waals surface area (Å²) in [6.45, 7) is 3.94. The van der Waals surface area contributed by atoms with Crippen molar-refractivity contribution in [1.29, 1.82) is 0 Å². The number of aryl methyl sites for hydroxylation is 1. The molecular formula is C25H23F3O. The van der Waals surface area contributed by atoms with Gasteiger partial charge in [0.05, 0.1) is 5.39 Å². The second-order valence-electron chi connectivity index (χ2n) is 6.71. The van der Waals surface area contributed by atoms with E-state index in [1.54, 1.807) is 30.4 Å². The van der Waals surface area contributed by atoms with Crippen LogP contribution in [0.4, 0.5) is 13.2 Å². The van der Waals surface area contributed by atoms with E-state index in [1.807, 2.05) is 32.1 Å². The summed E-state index contributed by atoms with van der Waals surface area (Å²) in [5.41, 5.74) is 1.77. The average Bonchev–Trinajstić information content (AvgIpc) is 2.73. The first-order valence-electron chi connectivity index (χ1n) is 9.61. The van der Waals surface area contributed by atoms with E-state index >= 15 is 0 Å². The zero-order valence-electron chi connectivity index (χ0n) is 16.5. The van der Waals surface area contributed by atoms with E-state index in [9.17, 15) is 13.2 Å². The van der Waals surface area contributed by atoms with Crippen molar-refractivity contribution < 1.29 is 17.9 Å². The van der Waals surface area contributed by atoms with Gasteiger partial charge < -0.3 is 4.74 Å². The molecule has 0 saturated heterocycles. The third-order valence-corrected chi connectivity index (χ3v) is 4.76. The molecule has 0 spiro atoms. The Bertz CT molecular complexity index is 1050. The molecule has 0 aliphatic rings. The van der Waals surface area contributed by atoms with Crippen molar-refractivity contribution in [3.63, 3.8) is 0 Å². The smallest absolute Gasteiger partial charge is 0.175 e. The molecule has 4 heteroatoms. The Morgan fingerprint density at radius 2 is 1.55 bits per heavy atom. The third-order valence-electron chi connectivity index (χ3n) is 4.76. The number of benzene rings is 3. The molecule has 0 radical (unpaired) electrons. The van der Waals surface area contributed by atoms with Gasteiger partial charge in [-0.2, -0.15) is 0 Å². The summed E-state index contributed by atoms with van der Waals surface area (Å²) < 4.78 is 49.6. The highest BCUT2D eigenvalue weighted by molar-refractivity contribution is 5.90. The Kier molecular flexibility index (Phi) is 6.76. The van der Waals surface area contributed by atoms with Crippen molar-refractivity contribution in [2.24, 2.45) is 0 Å². The largest absolute Gasteiger partial charge is 0.486 e. The first kappa shape index (κ1) is 20.7. The van der Waals surface area contributed by atoms with Crippen LogP contribution in [0.25, 0.3) is 21.9 Å². The van der Waals surface area contributed by atoms with E-state index < -0.39 is 22.8 Å². The van der Waals surface area contributed by atoms with Crippen LogP contribution < -0.4 is 4.74 Å². The van der Waals surface area contributed by atoms with Crippen LogP contribution in [0.5, 0.6) is 5.75 Å². The van der Waals surface area contributed by atoms with Gasteiger partial charge in [0.2, 0.25) is 0 Å². The molecule has 3 aromatic rings. The SMILES string of the molecule is CC=CCOc1ccc2cc(-c3ccc(CC/C=C/C)cc3)c(F)c(F)c2c1F. The van der Waals surface area contributed by atoms with Crippen LogP contribution in [0.3, 0.4) is 0 Å². The number of fused-ring (bicyclic) bond motifs is 1. The molecule has 1 nitrogen and oxygen atoms in total. The van der Waals surface area contributed by atoms with Gasteiger partial charge in [-0.25, -0.2) is 13.2 Å². The van der Waals surface area contributed by atoms with E-state index in [0.717, 1.165) is 18.4 Å². The number of rotatable bonds is 7. The monoisotopic (exact) mass is 396 g/mol. The van der Waals surface area contributed by atoms with Crippen LogP contribution in [-0.2, 0) is 6.42 Å². The van der Waals surface area contributed by atoms with Crippen LogP contribution in [0.1, 0.15) is 25.8 Å². The molecule has 0 aliphatic heterocycles. The number of ether oxygens (including phenoxy) is 1. The van der Waals surface area contributed by atoms with Gasteiger partial charge in [0, 0.05) is 5.56 Å². The van der Waals surface area contributed by atoms with Gasteiger partial charge in [-0.1, -0.05) is 54.6 Å². The molecule has 3 aromatic carbocycles. The van der Waals surface area contributed by atoms with Crippen LogP contribution in [-0.4, -0.2) is 6.61 Å². The lowest BCUT2D eigenvalue weighted by Crippen LogP contribution is -2.00. The molecule has 0 unspecified atom stereocenters. The van der Waals surface area contributed by atoms with Crippen molar-refractivity contribution in [3.8, 4) is 16.9 Å². The topological polar surface area (TPSA) is 9.23 Å². The van der Waals surface area contributed by atoms with Crippen LogP contribution >= 0.6 is 0 Å². The molecule has 0 atom stereocenters. The highest BCUT2D eigenvalue weighted by Crippen LogP contribution is 2.35. The number of halogens is 3. The Labute approximate surface area is 169 Å². The predicted octanol–water partition coefficient (Wildman–Crippen LogP) is 7.39. The van der Waals surface area contributed by atoms with E-state index in [2.05, 4.69) is 6.08 Å². The minimum absolute atomic E-state index is 0.105. The Balaban J connectivity index is 1.98. The van der Waals surface area contributed by atoms with Crippen molar-refractivity contribution in [2.75, 3.05) is 6.61 Å². The fourth-order valence-corrected chi connectivity index (χ4v) is 3.19. The molecule has 0 aromatic heterocycles. The summed E-state index contributed by atoms with van der Waals surface area (Å²) in [5, 5.41) is -0.112. The van der Waals surface area contributed by atoms with Crippen LogP contribution in [0, 0.1) is 17.5 Å².